The van der Waals surface area contributed by atoms with Gasteiger partial charge < -0.3 is 0 Å². The van der Waals surface area contributed by atoms with Gasteiger partial charge in [-0.2, -0.15) is 5.10 Å². The molecule has 0 fully saturated rings. The van der Waals surface area contributed by atoms with E-state index in [9.17, 15) is 8.42 Å². The Balaban J connectivity index is 2.06. The van der Waals surface area contributed by atoms with Crippen molar-refractivity contribution >= 4 is 37.3 Å². The smallest absolute Gasteiger partial charge is 0.257 e. The molecule has 0 aliphatic heterocycles. The van der Waals surface area contributed by atoms with E-state index in [1.54, 1.807) is 0 Å². The van der Waals surface area contributed by atoms with E-state index in [1.807, 2.05) is 11.4 Å². The second-order valence-corrected chi connectivity index (χ2v) is 6.62. The zero-order valence-electron chi connectivity index (χ0n) is 7.97. The fourth-order valence-corrected chi connectivity index (χ4v) is 3.48. The molecule has 0 bridgehead atoms. The highest BCUT2D eigenvalue weighted by Gasteiger charge is 2.14. The van der Waals surface area contributed by atoms with Crippen molar-refractivity contribution < 1.29 is 8.42 Å². The van der Waals surface area contributed by atoms with Crippen molar-refractivity contribution in [2.75, 3.05) is 0 Å². The first-order valence-corrected chi connectivity index (χ1v) is 7.45. The van der Waals surface area contributed by atoms with Gasteiger partial charge in [-0.25, -0.2) is 13.1 Å². The molecule has 0 saturated heterocycles. The largest absolute Gasteiger partial charge is 0.266 e. The van der Waals surface area contributed by atoms with E-state index in [0.717, 1.165) is 9.35 Å². The Morgan fingerprint density at radius 2 is 2.38 bits per heavy atom. The van der Waals surface area contributed by atoms with Crippen molar-refractivity contribution in [1.29, 1.82) is 0 Å². The summed E-state index contributed by atoms with van der Waals surface area (Å²) < 4.78 is 26.8. The molecule has 16 heavy (non-hydrogen) atoms. The van der Waals surface area contributed by atoms with Crippen LogP contribution in [0, 0.1) is 0 Å². The summed E-state index contributed by atoms with van der Waals surface area (Å²) in [6, 6.07) is 3.28. The van der Waals surface area contributed by atoms with Crippen molar-refractivity contribution in [3.8, 4) is 0 Å². The third kappa shape index (κ3) is 2.70. The van der Waals surface area contributed by atoms with Crippen molar-refractivity contribution in [2.45, 2.75) is 11.6 Å². The third-order valence-corrected chi connectivity index (χ3v) is 4.85. The Bertz CT molecular complexity index is 562. The lowest BCUT2D eigenvalue weighted by Gasteiger charge is -2.02. The normalized spacial score (nSPS) is 11.8. The van der Waals surface area contributed by atoms with Crippen LogP contribution in [-0.2, 0) is 16.6 Å². The molecule has 8 heteroatoms. The number of halogens is 1. The highest BCUT2D eigenvalue weighted by molar-refractivity contribution is 9.10. The Labute approximate surface area is 105 Å². The van der Waals surface area contributed by atoms with Crippen LogP contribution in [0.3, 0.4) is 0 Å². The standard InChI is InChI=1S/C8H8BrN3O2S2/c9-6-3-7(15-5-6)4-11-16(13,14)8-1-2-10-12-8/h1-3,5,11H,4H2,(H,10,12). The Morgan fingerprint density at radius 1 is 1.56 bits per heavy atom. The molecular formula is C8H8BrN3O2S2. The second kappa shape index (κ2) is 4.66. The van der Waals surface area contributed by atoms with Crippen LogP contribution < -0.4 is 4.72 Å². The lowest BCUT2D eigenvalue weighted by atomic mass is 10.5. The van der Waals surface area contributed by atoms with E-state index in [1.165, 1.54) is 23.6 Å². The molecule has 0 aromatic carbocycles. The number of aromatic amines is 1. The fourth-order valence-electron chi connectivity index (χ4n) is 1.08. The SMILES string of the molecule is O=S(=O)(NCc1cc(Br)cs1)c1ccn[nH]1. The Kier molecular flexibility index (Phi) is 3.43. The second-order valence-electron chi connectivity index (χ2n) is 2.98. The highest BCUT2D eigenvalue weighted by Crippen LogP contribution is 2.19. The first-order chi connectivity index (χ1) is 7.58. The number of nitrogens with one attached hydrogen (secondary N) is 2. The number of nitrogens with zero attached hydrogens (tertiary/aromatic N) is 1. The average Bonchev–Trinajstić information content (AvgIpc) is 2.85. The number of H-pyrrole nitrogens is 1. The molecule has 0 aliphatic carbocycles. The molecule has 86 valence electrons. The van der Waals surface area contributed by atoms with Crippen molar-refractivity contribution in [3.05, 3.63) is 33.1 Å². The van der Waals surface area contributed by atoms with Crippen LogP contribution >= 0.6 is 27.3 Å². The van der Waals surface area contributed by atoms with Gasteiger partial charge in [0.2, 0.25) is 0 Å². The van der Waals surface area contributed by atoms with E-state index in [2.05, 4.69) is 30.8 Å². The molecule has 0 aliphatic rings. The van der Waals surface area contributed by atoms with Crippen LogP contribution in [0.5, 0.6) is 0 Å². The van der Waals surface area contributed by atoms with Gasteiger partial charge in [-0.1, -0.05) is 0 Å². The average molecular weight is 322 g/mol. The molecule has 2 aromatic heterocycles. The summed E-state index contributed by atoms with van der Waals surface area (Å²) in [6.07, 6.45) is 1.40. The minimum atomic E-state index is -3.48. The number of thiophene rings is 1. The fraction of sp³-hybridized carbons (Fsp3) is 0.125. The molecule has 0 spiro atoms. The molecule has 0 unspecified atom stereocenters. The summed E-state index contributed by atoms with van der Waals surface area (Å²) in [5, 5.41) is 7.99. The highest BCUT2D eigenvalue weighted by atomic mass is 79.9. The van der Waals surface area contributed by atoms with Crippen molar-refractivity contribution in [1.82, 2.24) is 14.9 Å². The molecule has 2 rings (SSSR count). The number of rotatable bonds is 4. The van der Waals surface area contributed by atoms with Crippen LogP contribution in [0.4, 0.5) is 0 Å². The van der Waals surface area contributed by atoms with Crippen LogP contribution in [0.15, 0.2) is 33.2 Å². The summed E-state index contributed by atoms with van der Waals surface area (Å²) in [7, 11) is -3.48. The predicted molar refractivity (Wildman–Crippen MR) is 64.6 cm³/mol. The lowest BCUT2D eigenvalue weighted by Crippen LogP contribution is -2.23. The van der Waals surface area contributed by atoms with E-state index >= 15 is 0 Å². The lowest BCUT2D eigenvalue weighted by molar-refractivity contribution is 0.577. The zero-order valence-corrected chi connectivity index (χ0v) is 11.2. The first kappa shape index (κ1) is 11.8. The van der Waals surface area contributed by atoms with Gasteiger partial charge in [0.1, 0.15) is 0 Å². The number of aromatic nitrogens is 2. The molecule has 2 heterocycles. The summed E-state index contributed by atoms with van der Waals surface area (Å²) in [5.41, 5.74) is 0. The zero-order chi connectivity index (χ0) is 11.6. The first-order valence-electron chi connectivity index (χ1n) is 4.30. The van der Waals surface area contributed by atoms with Crippen LogP contribution in [0.1, 0.15) is 4.88 Å². The van der Waals surface area contributed by atoms with Gasteiger partial charge in [-0.05, 0) is 28.1 Å². The minimum Gasteiger partial charge on any atom is -0.266 e. The molecule has 0 saturated carbocycles. The molecule has 2 aromatic rings. The molecule has 2 N–H and O–H groups in total. The van der Waals surface area contributed by atoms with E-state index in [-0.39, 0.29) is 11.6 Å². The maximum absolute atomic E-state index is 11.7. The van der Waals surface area contributed by atoms with Crippen molar-refractivity contribution in [3.63, 3.8) is 0 Å². The third-order valence-electron chi connectivity index (χ3n) is 1.82. The summed E-state index contributed by atoms with van der Waals surface area (Å²) in [4.78, 5) is 0.940. The molecule has 0 amide bonds. The predicted octanol–water partition coefficient (Wildman–Crippen LogP) is 1.71. The summed E-state index contributed by atoms with van der Waals surface area (Å²) in [5.74, 6) is 0. The monoisotopic (exact) mass is 321 g/mol. The van der Waals surface area contributed by atoms with Gasteiger partial charge in [0.15, 0.2) is 5.03 Å². The van der Waals surface area contributed by atoms with Gasteiger partial charge in [0.25, 0.3) is 10.0 Å². The number of hydrogen-bond donors (Lipinski definition) is 2. The minimum absolute atomic E-state index is 0.0723. The number of sulfonamides is 1. The molecule has 0 atom stereocenters. The maximum atomic E-state index is 11.7. The van der Waals surface area contributed by atoms with E-state index in [4.69, 9.17) is 0 Å². The number of hydrogen-bond acceptors (Lipinski definition) is 4. The van der Waals surface area contributed by atoms with E-state index < -0.39 is 10.0 Å². The summed E-state index contributed by atoms with van der Waals surface area (Å²) in [6.45, 7) is 0.275. The van der Waals surface area contributed by atoms with E-state index in [0.29, 0.717) is 0 Å². The van der Waals surface area contributed by atoms with Crippen LogP contribution in [-0.4, -0.2) is 18.6 Å². The van der Waals surface area contributed by atoms with Gasteiger partial charge >= 0.3 is 0 Å². The van der Waals surface area contributed by atoms with Gasteiger partial charge in [0, 0.05) is 21.3 Å². The summed E-state index contributed by atoms with van der Waals surface area (Å²) >= 11 is 4.80. The molecular weight excluding hydrogens is 314 g/mol. The quantitative estimate of drug-likeness (QED) is 0.900. The van der Waals surface area contributed by atoms with Gasteiger partial charge in [-0.15, -0.1) is 11.3 Å². The Hall–Kier alpha value is -0.700. The van der Waals surface area contributed by atoms with Gasteiger partial charge in [-0.3, -0.25) is 5.10 Å². The van der Waals surface area contributed by atoms with Crippen LogP contribution in [0.25, 0.3) is 0 Å². The maximum Gasteiger partial charge on any atom is 0.257 e. The topological polar surface area (TPSA) is 74.8 Å². The van der Waals surface area contributed by atoms with Gasteiger partial charge in [0.05, 0.1) is 6.20 Å². The van der Waals surface area contributed by atoms with Crippen molar-refractivity contribution in [2.24, 2.45) is 0 Å². The Morgan fingerprint density at radius 3 is 2.94 bits per heavy atom. The molecule has 0 radical (unpaired) electrons. The molecule has 5 nitrogen and oxygen atoms in total. The van der Waals surface area contributed by atoms with Crippen LogP contribution in [0.2, 0.25) is 0 Å².